The largest absolute Gasteiger partial charge is 0.493 e. The molecule has 0 unspecified atom stereocenters. The number of unbranched alkanes of at least 4 members (excludes halogenated alkanes) is 1. The van der Waals surface area contributed by atoms with Crippen molar-refractivity contribution >= 4 is 29.5 Å². The molecule has 0 saturated carbocycles. The summed E-state index contributed by atoms with van der Waals surface area (Å²) < 4.78 is 16.4. The van der Waals surface area contributed by atoms with E-state index in [1.165, 1.54) is 0 Å². The highest BCUT2D eigenvalue weighted by atomic mass is 35.5. The number of hydrogen-bond acceptors (Lipinski definition) is 5. The number of esters is 1. The van der Waals surface area contributed by atoms with Crippen molar-refractivity contribution < 1.29 is 19.0 Å². The van der Waals surface area contributed by atoms with Crippen LogP contribution in [0.1, 0.15) is 30.9 Å². The number of carbonyl (C=O) groups excluding carboxylic acids is 1. The van der Waals surface area contributed by atoms with Gasteiger partial charge in [0.25, 0.3) is 0 Å². The van der Waals surface area contributed by atoms with Crippen LogP contribution in [0.3, 0.4) is 0 Å². The van der Waals surface area contributed by atoms with Gasteiger partial charge in [0, 0.05) is 0 Å². The molecule has 6 heteroatoms. The summed E-state index contributed by atoms with van der Waals surface area (Å²) in [7, 11) is 1.58. The standard InChI is InChI=1S/C21H20ClNO4/c1-3-4-11-26-18-10-9-14(13-19(18)25-2)12-17-21(24)27-20(23-17)15-7-5-6-8-16(15)22/h5-10,12-13H,3-4,11H2,1-2H3/b17-12+. The minimum Gasteiger partial charge on any atom is -0.493 e. The van der Waals surface area contributed by atoms with Gasteiger partial charge >= 0.3 is 5.97 Å². The summed E-state index contributed by atoms with van der Waals surface area (Å²) in [5, 5.41) is 0.473. The van der Waals surface area contributed by atoms with Crippen LogP contribution in [0.25, 0.3) is 6.08 Å². The summed E-state index contributed by atoms with van der Waals surface area (Å²) in [5.41, 5.74) is 1.53. The number of carbonyl (C=O) groups is 1. The van der Waals surface area contributed by atoms with Crippen molar-refractivity contribution in [3.8, 4) is 11.5 Å². The molecule has 0 amide bonds. The molecule has 2 aromatic rings. The molecule has 5 nitrogen and oxygen atoms in total. The molecule has 0 aliphatic carbocycles. The van der Waals surface area contributed by atoms with E-state index >= 15 is 0 Å². The van der Waals surface area contributed by atoms with Gasteiger partial charge in [0.15, 0.2) is 17.2 Å². The van der Waals surface area contributed by atoms with Gasteiger partial charge in [0.05, 0.1) is 24.3 Å². The van der Waals surface area contributed by atoms with E-state index in [4.69, 9.17) is 25.8 Å². The Morgan fingerprint density at radius 3 is 2.74 bits per heavy atom. The average Bonchev–Trinajstić information content (AvgIpc) is 3.03. The number of rotatable bonds is 7. The minimum atomic E-state index is -0.521. The van der Waals surface area contributed by atoms with Crippen LogP contribution in [0.2, 0.25) is 5.02 Å². The van der Waals surface area contributed by atoms with Crippen molar-refractivity contribution in [1.29, 1.82) is 0 Å². The molecule has 0 N–H and O–H groups in total. The van der Waals surface area contributed by atoms with Gasteiger partial charge in [0.1, 0.15) is 0 Å². The maximum absolute atomic E-state index is 12.2. The van der Waals surface area contributed by atoms with Gasteiger partial charge in [-0.1, -0.05) is 43.1 Å². The molecule has 0 fully saturated rings. The Hall–Kier alpha value is -2.79. The predicted octanol–water partition coefficient (Wildman–Crippen LogP) is 4.87. The smallest absolute Gasteiger partial charge is 0.363 e. The molecule has 0 aromatic heterocycles. The molecular weight excluding hydrogens is 366 g/mol. The first kappa shape index (κ1) is 19.0. The van der Waals surface area contributed by atoms with Gasteiger partial charge in [-0.2, -0.15) is 0 Å². The van der Waals surface area contributed by atoms with Gasteiger partial charge in [-0.3, -0.25) is 0 Å². The molecule has 0 saturated heterocycles. The molecule has 140 valence electrons. The zero-order valence-corrected chi connectivity index (χ0v) is 16.0. The number of cyclic esters (lactones) is 1. The molecule has 0 bridgehead atoms. The molecule has 1 aliphatic rings. The quantitative estimate of drug-likeness (QED) is 0.387. The zero-order chi connectivity index (χ0) is 19.2. The Bertz CT molecular complexity index is 905. The number of halogens is 1. The van der Waals surface area contributed by atoms with Crippen LogP contribution in [0.4, 0.5) is 0 Å². The lowest BCUT2D eigenvalue weighted by molar-refractivity contribution is -0.129. The van der Waals surface area contributed by atoms with Crippen LogP contribution in [0.5, 0.6) is 11.5 Å². The zero-order valence-electron chi connectivity index (χ0n) is 15.2. The first-order valence-electron chi connectivity index (χ1n) is 8.70. The van der Waals surface area contributed by atoms with E-state index in [2.05, 4.69) is 11.9 Å². The highest BCUT2D eigenvalue weighted by Gasteiger charge is 2.25. The van der Waals surface area contributed by atoms with Crippen LogP contribution in [-0.4, -0.2) is 25.6 Å². The monoisotopic (exact) mass is 385 g/mol. The van der Waals surface area contributed by atoms with Gasteiger partial charge < -0.3 is 14.2 Å². The summed E-state index contributed by atoms with van der Waals surface area (Å²) in [5.74, 6) is 0.944. The SMILES string of the molecule is CCCCOc1ccc(/C=C2/N=C(c3ccccc3Cl)OC2=O)cc1OC. The van der Waals surface area contributed by atoms with E-state index in [0.29, 0.717) is 28.7 Å². The van der Waals surface area contributed by atoms with Crippen molar-refractivity contribution in [2.75, 3.05) is 13.7 Å². The highest BCUT2D eigenvalue weighted by Crippen LogP contribution is 2.30. The van der Waals surface area contributed by atoms with Gasteiger partial charge in [0.2, 0.25) is 5.90 Å². The number of aliphatic imine (C=N–C) groups is 1. The van der Waals surface area contributed by atoms with Crippen molar-refractivity contribution in [2.45, 2.75) is 19.8 Å². The van der Waals surface area contributed by atoms with Crippen LogP contribution in [0.15, 0.2) is 53.2 Å². The number of hydrogen-bond donors (Lipinski definition) is 0. The molecular formula is C21H20ClNO4. The fraction of sp³-hybridized carbons (Fsp3) is 0.238. The van der Waals surface area contributed by atoms with Crippen molar-refractivity contribution in [3.63, 3.8) is 0 Å². The number of benzene rings is 2. The Kier molecular flexibility index (Phi) is 6.14. The van der Waals surface area contributed by atoms with E-state index in [0.717, 1.165) is 18.4 Å². The first-order valence-corrected chi connectivity index (χ1v) is 9.08. The van der Waals surface area contributed by atoms with E-state index in [9.17, 15) is 4.79 Å². The summed E-state index contributed by atoms with van der Waals surface area (Å²) in [6.45, 7) is 2.74. The molecule has 0 spiro atoms. The lowest BCUT2D eigenvalue weighted by Crippen LogP contribution is -2.05. The fourth-order valence-corrected chi connectivity index (χ4v) is 2.75. The highest BCUT2D eigenvalue weighted by molar-refractivity contribution is 6.34. The Balaban J connectivity index is 1.85. The maximum atomic E-state index is 12.2. The number of ether oxygens (including phenoxy) is 3. The number of methoxy groups -OCH3 is 1. The van der Waals surface area contributed by atoms with Gasteiger partial charge in [-0.25, -0.2) is 9.79 Å². The van der Waals surface area contributed by atoms with Crippen LogP contribution in [0, 0.1) is 0 Å². The topological polar surface area (TPSA) is 57.1 Å². The van der Waals surface area contributed by atoms with Crippen LogP contribution < -0.4 is 9.47 Å². The van der Waals surface area contributed by atoms with Crippen LogP contribution >= 0.6 is 11.6 Å². The third-order valence-corrected chi connectivity index (χ3v) is 4.30. The lowest BCUT2D eigenvalue weighted by atomic mass is 10.1. The third-order valence-electron chi connectivity index (χ3n) is 3.97. The predicted molar refractivity (Wildman–Crippen MR) is 105 cm³/mol. The van der Waals surface area contributed by atoms with Crippen LogP contribution in [-0.2, 0) is 9.53 Å². The number of nitrogens with zero attached hydrogens (tertiary/aromatic N) is 1. The molecule has 0 atom stereocenters. The molecule has 0 radical (unpaired) electrons. The Morgan fingerprint density at radius 2 is 2.00 bits per heavy atom. The second kappa shape index (κ2) is 8.73. The van der Waals surface area contributed by atoms with Crippen molar-refractivity contribution in [2.24, 2.45) is 4.99 Å². The summed E-state index contributed by atoms with van der Waals surface area (Å²) in [6.07, 6.45) is 3.67. The summed E-state index contributed by atoms with van der Waals surface area (Å²) in [6, 6.07) is 12.5. The van der Waals surface area contributed by atoms with E-state index in [1.807, 2.05) is 12.1 Å². The molecule has 1 heterocycles. The maximum Gasteiger partial charge on any atom is 0.363 e. The molecule has 3 rings (SSSR count). The van der Waals surface area contributed by atoms with Gasteiger partial charge in [-0.15, -0.1) is 0 Å². The van der Waals surface area contributed by atoms with E-state index < -0.39 is 5.97 Å². The fourth-order valence-electron chi connectivity index (χ4n) is 2.54. The molecule has 2 aromatic carbocycles. The van der Waals surface area contributed by atoms with E-state index in [-0.39, 0.29) is 11.6 Å². The third kappa shape index (κ3) is 4.49. The summed E-state index contributed by atoms with van der Waals surface area (Å²) >= 11 is 6.15. The minimum absolute atomic E-state index is 0.198. The Labute approximate surface area is 163 Å². The lowest BCUT2D eigenvalue weighted by Gasteiger charge is -2.10. The van der Waals surface area contributed by atoms with E-state index in [1.54, 1.807) is 43.5 Å². The summed E-state index contributed by atoms with van der Waals surface area (Å²) in [4.78, 5) is 16.4. The normalized spacial score (nSPS) is 14.9. The molecule has 27 heavy (non-hydrogen) atoms. The van der Waals surface area contributed by atoms with Gasteiger partial charge in [-0.05, 0) is 42.3 Å². The van der Waals surface area contributed by atoms with Crippen molar-refractivity contribution in [3.05, 3.63) is 64.3 Å². The second-order valence-electron chi connectivity index (χ2n) is 5.93. The van der Waals surface area contributed by atoms with Crippen molar-refractivity contribution in [1.82, 2.24) is 0 Å². The average molecular weight is 386 g/mol. The Morgan fingerprint density at radius 1 is 1.19 bits per heavy atom. The first-order chi connectivity index (χ1) is 13.1. The molecule has 1 aliphatic heterocycles. The second-order valence-corrected chi connectivity index (χ2v) is 6.34.